The molecule has 0 aromatic carbocycles. The molecule has 0 rings (SSSR count). The first-order valence-electron chi connectivity index (χ1n) is 4.82. The molecule has 0 amide bonds. The average Bonchev–Trinajstić information content (AvgIpc) is 2.11. The summed E-state index contributed by atoms with van der Waals surface area (Å²) in [6.45, 7) is -0.425. The van der Waals surface area contributed by atoms with Crippen molar-refractivity contribution in [2.24, 2.45) is 0 Å². The van der Waals surface area contributed by atoms with Crippen molar-refractivity contribution in [2.45, 2.75) is 24.4 Å². The molecule has 0 aliphatic heterocycles. The Balaban J connectivity index is 0. The quantitative estimate of drug-likeness (QED) is 0.315. The van der Waals surface area contributed by atoms with Gasteiger partial charge in [0.1, 0.15) is 31.0 Å². The predicted octanol–water partition coefficient (Wildman–Crippen LogP) is -5.87. The van der Waals surface area contributed by atoms with E-state index in [1.165, 1.54) is 0 Å². The second-order valence-corrected chi connectivity index (χ2v) is 4.77. The number of aliphatic hydroxyl groups excluding tert-OH is 5. The van der Waals surface area contributed by atoms with E-state index >= 15 is 0 Å². The van der Waals surface area contributed by atoms with E-state index in [4.69, 9.17) is 10.2 Å². The molecule has 0 aliphatic rings. The van der Waals surface area contributed by atoms with E-state index in [0.717, 1.165) is 0 Å². The monoisotopic (exact) mass is 303 g/mol. The van der Waals surface area contributed by atoms with Crippen molar-refractivity contribution < 1.29 is 47.0 Å². The van der Waals surface area contributed by atoms with Crippen molar-refractivity contribution in [1.82, 2.24) is 0 Å². The summed E-state index contributed by atoms with van der Waals surface area (Å²) in [5, 5.41) is 46.0. The van der Waals surface area contributed by atoms with Crippen LogP contribution in [0.25, 0.3) is 0 Å². The molecule has 0 saturated heterocycles. The average molecular weight is 304 g/mol. The van der Waals surface area contributed by atoms with Crippen LogP contribution in [-0.4, -0.2) is 88.7 Å². The van der Waals surface area contributed by atoms with Crippen LogP contribution in [-0.2, 0) is 0 Å². The van der Waals surface area contributed by atoms with Gasteiger partial charge in [0, 0.05) is 0 Å². The number of halogens is 1. The third-order valence-corrected chi connectivity index (χ3v) is 2.06. The number of quaternary nitrogens is 1. The van der Waals surface area contributed by atoms with Crippen molar-refractivity contribution >= 4 is 0 Å². The maximum Gasteiger partial charge on any atom is 0.131 e. The summed E-state index contributed by atoms with van der Waals surface area (Å²) < 4.78 is 0.417. The highest BCUT2D eigenvalue weighted by Crippen LogP contribution is 2.07. The number of nitrogens with zero attached hydrogens (tertiary/aromatic N) is 1. The summed E-state index contributed by atoms with van der Waals surface area (Å²) >= 11 is 0. The number of hydrogen-bond acceptors (Lipinski definition) is 5. The van der Waals surface area contributed by atoms with E-state index in [-0.39, 0.29) is 23.5 Å². The molecule has 5 N–H and O–H groups in total. The van der Waals surface area contributed by atoms with Gasteiger partial charge in [0.05, 0.1) is 27.7 Å². The molecule has 0 bridgehead atoms. The summed E-state index contributed by atoms with van der Waals surface area (Å²) in [5.41, 5.74) is 0. The summed E-state index contributed by atoms with van der Waals surface area (Å²) in [6, 6.07) is 0. The van der Waals surface area contributed by atoms with Crippen LogP contribution < -0.4 is 17.0 Å². The summed E-state index contributed by atoms with van der Waals surface area (Å²) in [4.78, 5) is 0. The lowest BCUT2D eigenvalue weighted by molar-refractivity contribution is -0.874. The zero-order valence-corrected chi connectivity index (χ0v) is 11.4. The molecule has 0 heterocycles. The van der Waals surface area contributed by atoms with Crippen LogP contribution in [0.1, 0.15) is 0 Å². The minimum atomic E-state index is -1.54. The smallest absolute Gasteiger partial charge is 0.131 e. The minimum absolute atomic E-state index is 0. The zero-order chi connectivity index (χ0) is 12.2. The fraction of sp³-hybridized carbons (Fsp3) is 1.00. The largest absolute Gasteiger partial charge is 1.00 e. The van der Waals surface area contributed by atoms with Crippen LogP contribution in [0.5, 0.6) is 0 Å². The summed E-state index contributed by atoms with van der Waals surface area (Å²) in [7, 11) is 5.47. The minimum Gasteiger partial charge on any atom is -1.00 e. The van der Waals surface area contributed by atoms with Gasteiger partial charge in [0.15, 0.2) is 0 Å². The van der Waals surface area contributed by atoms with Crippen molar-refractivity contribution in [1.29, 1.82) is 0 Å². The molecule has 0 aliphatic carbocycles. The fourth-order valence-electron chi connectivity index (χ4n) is 1.23. The molecular formula is C9H22BrNO5. The van der Waals surface area contributed by atoms with E-state index in [0.29, 0.717) is 4.48 Å². The van der Waals surface area contributed by atoms with E-state index < -0.39 is 31.0 Å². The van der Waals surface area contributed by atoms with E-state index in [1.54, 1.807) is 0 Å². The Morgan fingerprint density at radius 1 is 0.875 bits per heavy atom. The molecule has 6 nitrogen and oxygen atoms in total. The highest BCUT2D eigenvalue weighted by Gasteiger charge is 2.32. The molecule has 0 saturated carbocycles. The fourth-order valence-corrected chi connectivity index (χ4v) is 1.23. The second-order valence-electron chi connectivity index (χ2n) is 4.77. The van der Waals surface area contributed by atoms with Crippen LogP contribution in [0.3, 0.4) is 0 Å². The Morgan fingerprint density at radius 2 is 1.25 bits per heavy atom. The maximum absolute atomic E-state index is 9.55. The molecule has 16 heavy (non-hydrogen) atoms. The standard InChI is InChI=1S/C9H22NO5.BrH/c1-10(2,3)4-6(12)8(14)9(15)7(13)5-11;/h6-9,11-15H,4-5H2,1-3H3;1H/q+1;/p-1. The molecule has 100 valence electrons. The lowest BCUT2D eigenvalue weighted by Gasteiger charge is -2.31. The van der Waals surface area contributed by atoms with Crippen molar-refractivity contribution in [3.8, 4) is 0 Å². The second kappa shape index (κ2) is 7.54. The summed E-state index contributed by atoms with van der Waals surface area (Å²) in [6.07, 6.45) is -5.61. The molecule has 4 atom stereocenters. The molecule has 4 unspecified atom stereocenters. The van der Waals surface area contributed by atoms with Crippen LogP contribution in [0.15, 0.2) is 0 Å². The van der Waals surface area contributed by atoms with Crippen molar-refractivity contribution in [2.75, 3.05) is 34.3 Å². The maximum atomic E-state index is 9.55. The van der Waals surface area contributed by atoms with Gasteiger partial charge >= 0.3 is 0 Å². The Hall–Kier alpha value is 0.240. The molecule has 0 spiro atoms. The lowest BCUT2D eigenvalue weighted by Crippen LogP contribution is -3.00. The van der Waals surface area contributed by atoms with Gasteiger partial charge in [-0.25, -0.2) is 0 Å². The van der Waals surface area contributed by atoms with Gasteiger partial charge in [-0.15, -0.1) is 0 Å². The number of hydrogen-bond donors (Lipinski definition) is 5. The van der Waals surface area contributed by atoms with Gasteiger partial charge in [-0.3, -0.25) is 0 Å². The highest BCUT2D eigenvalue weighted by atomic mass is 79.9. The normalized spacial score (nSPS) is 19.5. The predicted molar refractivity (Wildman–Crippen MR) is 54.0 cm³/mol. The zero-order valence-electron chi connectivity index (χ0n) is 9.78. The third-order valence-electron chi connectivity index (χ3n) is 2.06. The van der Waals surface area contributed by atoms with Crippen molar-refractivity contribution in [3.63, 3.8) is 0 Å². The highest BCUT2D eigenvalue weighted by molar-refractivity contribution is 4.80. The first-order chi connectivity index (χ1) is 6.69. The first-order valence-corrected chi connectivity index (χ1v) is 4.82. The Labute approximate surface area is 106 Å². The molecular weight excluding hydrogens is 282 g/mol. The van der Waals surface area contributed by atoms with Gasteiger partial charge in [-0.2, -0.15) is 0 Å². The lowest BCUT2D eigenvalue weighted by atomic mass is 10.0. The van der Waals surface area contributed by atoms with Gasteiger partial charge in [0.2, 0.25) is 0 Å². The van der Waals surface area contributed by atoms with Crippen LogP contribution in [0.4, 0.5) is 0 Å². The van der Waals surface area contributed by atoms with Gasteiger partial charge in [-0.1, -0.05) is 0 Å². The van der Waals surface area contributed by atoms with E-state index in [9.17, 15) is 15.3 Å². The van der Waals surface area contributed by atoms with E-state index in [1.807, 2.05) is 21.1 Å². The Morgan fingerprint density at radius 3 is 1.56 bits per heavy atom. The SMILES string of the molecule is C[N+](C)(C)CC(O)C(O)C(O)C(O)CO.[Br-]. The van der Waals surface area contributed by atoms with Crippen LogP contribution in [0, 0.1) is 0 Å². The van der Waals surface area contributed by atoms with E-state index in [2.05, 4.69) is 0 Å². The Bertz CT molecular complexity index is 187. The molecule has 0 fully saturated rings. The van der Waals surface area contributed by atoms with Gasteiger partial charge in [-0.05, 0) is 0 Å². The third kappa shape index (κ3) is 6.74. The van der Waals surface area contributed by atoms with Crippen molar-refractivity contribution in [3.05, 3.63) is 0 Å². The van der Waals surface area contributed by atoms with Gasteiger partial charge in [0.25, 0.3) is 0 Å². The topological polar surface area (TPSA) is 101 Å². The van der Waals surface area contributed by atoms with Crippen LogP contribution >= 0.6 is 0 Å². The number of likely N-dealkylation sites (N-methyl/N-ethyl adjacent to an activating group) is 1. The van der Waals surface area contributed by atoms with Crippen LogP contribution in [0.2, 0.25) is 0 Å². The Kier molecular flexibility index (Phi) is 8.77. The first kappa shape index (κ1) is 18.6. The van der Waals surface area contributed by atoms with Gasteiger partial charge < -0.3 is 47.0 Å². The molecule has 7 heteroatoms. The molecule has 0 aromatic rings. The number of aliphatic hydroxyl groups is 5. The molecule has 0 aromatic heterocycles. The number of rotatable bonds is 6. The molecule has 0 radical (unpaired) electrons. The summed E-state index contributed by atoms with van der Waals surface area (Å²) in [5.74, 6) is 0.